The monoisotopic (exact) mass is 265 g/mol. The van der Waals surface area contributed by atoms with Gasteiger partial charge in [0, 0.05) is 31.1 Å². The van der Waals surface area contributed by atoms with Crippen LogP contribution >= 0.6 is 11.6 Å². The molecule has 0 unspecified atom stereocenters. The summed E-state index contributed by atoms with van der Waals surface area (Å²) in [5.41, 5.74) is 1.62. The molecule has 2 N–H and O–H groups in total. The minimum Gasteiger partial charge on any atom is -0.359 e. The molecule has 0 aromatic heterocycles. The van der Waals surface area contributed by atoms with Crippen LogP contribution in [-0.4, -0.2) is 26.6 Å². The van der Waals surface area contributed by atoms with E-state index < -0.39 is 0 Å². The number of hydrogen-bond acceptors (Lipinski definition) is 1. The van der Waals surface area contributed by atoms with Crippen LogP contribution in [0.25, 0.3) is 0 Å². The largest absolute Gasteiger partial charge is 0.359 e. The van der Waals surface area contributed by atoms with Gasteiger partial charge in [0.05, 0.1) is 0 Å². The lowest BCUT2D eigenvalue weighted by molar-refractivity contribution is 0.244. The van der Waals surface area contributed by atoms with E-state index in [2.05, 4.69) is 27.8 Å². The zero-order valence-corrected chi connectivity index (χ0v) is 11.7. The number of halogens is 1. The molecule has 0 amide bonds. The molecule has 98 valence electrons. The Labute approximate surface area is 114 Å². The first-order valence-electron chi connectivity index (χ1n) is 6.35. The molecule has 0 spiro atoms. The molecule has 0 aliphatic heterocycles. The van der Waals surface area contributed by atoms with Crippen LogP contribution < -0.4 is 10.6 Å². The maximum Gasteiger partial charge on any atom is 0.190 e. The van der Waals surface area contributed by atoms with Crippen molar-refractivity contribution in [3.8, 4) is 0 Å². The third-order valence-corrected chi connectivity index (χ3v) is 4.07. The molecule has 4 heteroatoms. The molecule has 0 atom stereocenters. The fourth-order valence-corrected chi connectivity index (χ4v) is 2.63. The molecule has 0 bridgehead atoms. The van der Waals surface area contributed by atoms with Gasteiger partial charge < -0.3 is 10.6 Å². The van der Waals surface area contributed by atoms with E-state index in [1.54, 1.807) is 7.05 Å². The van der Waals surface area contributed by atoms with E-state index in [9.17, 15) is 0 Å². The lowest BCUT2D eigenvalue weighted by Gasteiger charge is -2.43. The Morgan fingerprint density at radius 2 is 2.00 bits per heavy atom. The first-order chi connectivity index (χ1) is 8.70. The van der Waals surface area contributed by atoms with Gasteiger partial charge >= 0.3 is 0 Å². The fourth-order valence-electron chi connectivity index (χ4n) is 2.51. The van der Waals surface area contributed by atoms with Crippen LogP contribution in [0.2, 0.25) is 5.02 Å². The molecular weight excluding hydrogens is 246 g/mol. The standard InChI is InChI=1S/C14H20ClN3/c1-16-13(17-2)18-10-14(8-3-9-14)11-4-6-12(15)7-5-11/h4-7H,3,8-10H2,1-2H3,(H2,16,17,18). The summed E-state index contributed by atoms with van der Waals surface area (Å²) in [4.78, 5) is 4.15. The number of nitrogens with zero attached hydrogens (tertiary/aromatic N) is 1. The van der Waals surface area contributed by atoms with E-state index >= 15 is 0 Å². The molecule has 3 nitrogen and oxygen atoms in total. The molecule has 0 radical (unpaired) electrons. The molecule has 1 aromatic carbocycles. The molecule has 18 heavy (non-hydrogen) atoms. The number of hydrogen-bond donors (Lipinski definition) is 2. The highest BCUT2D eigenvalue weighted by atomic mass is 35.5. The van der Waals surface area contributed by atoms with E-state index in [0.29, 0.717) is 0 Å². The molecule has 0 saturated heterocycles. The molecule has 1 aliphatic carbocycles. The maximum absolute atomic E-state index is 5.95. The van der Waals surface area contributed by atoms with Gasteiger partial charge in [-0.05, 0) is 30.5 Å². The Morgan fingerprint density at radius 1 is 1.33 bits per heavy atom. The predicted octanol–water partition coefficient (Wildman–Crippen LogP) is 2.56. The van der Waals surface area contributed by atoms with E-state index in [1.807, 2.05) is 19.2 Å². The van der Waals surface area contributed by atoms with Gasteiger partial charge in [0.1, 0.15) is 0 Å². The Hall–Kier alpha value is -1.22. The molecule has 1 aromatic rings. The normalized spacial score (nSPS) is 18.1. The van der Waals surface area contributed by atoms with Gasteiger partial charge in [-0.2, -0.15) is 0 Å². The van der Waals surface area contributed by atoms with Crippen LogP contribution in [0.15, 0.2) is 29.3 Å². The summed E-state index contributed by atoms with van der Waals surface area (Å²) in [6, 6.07) is 8.24. The third kappa shape index (κ3) is 2.61. The summed E-state index contributed by atoms with van der Waals surface area (Å²) in [5.74, 6) is 0.843. The van der Waals surface area contributed by atoms with Gasteiger partial charge in [0.2, 0.25) is 0 Å². The average molecular weight is 266 g/mol. The van der Waals surface area contributed by atoms with Crippen molar-refractivity contribution < 1.29 is 0 Å². The second-order valence-electron chi connectivity index (χ2n) is 4.82. The fraction of sp³-hybridized carbons (Fsp3) is 0.500. The van der Waals surface area contributed by atoms with Crippen LogP contribution in [0.5, 0.6) is 0 Å². The summed E-state index contributed by atoms with van der Waals surface area (Å²) >= 11 is 5.95. The lowest BCUT2D eigenvalue weighted by atomic mass is 9.64. The maximum atomic E-state index is 5.95. The third-order valence-electron chi connectivity index (χ3n) is 3.82. The van der Waals surface area contributed by atoms with Crippen LogP contribution in [0, 0.1) is 0 Å². The SMILES string of the molecule is CN=C(NC)NCC1(c2ccc(Cl)cc2)CCC1. The molecule has 1 saturated carbocycles. The highest BCUT2D eigenvalue weighted by Crippen LogP contribution is 2.43. The van der Waals surface area contributed by atoms with Gasteiger partial charge in [-0.3, -0.25) is 4.99 Å². The summed E-state index contributed by atoms with van der Waals surface area (Å²) < 4.78 is 0. The summed E-state index contributed by atoms with van der Waals surface area (Å²) in [7, 11) is 3.67. The lowest BCUT2D eigenvalue weighted by Crippen LogP contribution is -2.48. The Balaban J connectivity index is 2.09. The van der Waals surface area contributed by atoms with Gasteiger partial charge in [0.15, 0.2) is 5.96 Å². The minimum absolute atomic E-state index is 0.247. The molecule has 1 fully saturated rings. The first-order valence-corrected chi connectivity index (χ1v) is 6.72. The van der Waals surface area contributed by atoms with Gasteiger partial charge in [-0.1, -0.05) is 30.2 Å². The molecule has 1 aliphatic rings. The van der Waals surface area contributed by atoms with E-state index in [0.717, 1.165) is 17.5 Å². The first kappa shape index (κ1) is 13.2. The zero-order chi connectivity index (χ0) is 13.0. The quantitative estimate of drug-likeness (QED) is 0.651. The van der Waals surface area contributed by atoms with Gasteiger partial charge in [-0.15, -0.1) is 0 Å². The number of rotatable bonds is 3. The summed E-state index contributed by atoms with van der Waals surface area (Å²) in [6.45, 7) is 0.919. The van der Waals surface area contributed by atoms with Crippen molar-refractivity contribution in [3.05, 3.63) is 34.9 Å². The molecule has 0 heterocycles. The second kappa shape index (κ2) is 5.61. The van der Waals surface area contributed by atoms with Crippen LogP contribution in [0.3, 0.4) is 0 Å². The van der Waals surface area contributed by atoms with Crippen molar-refractivity contribution >= 4 is 17.6 Å². The van der Waals surface area contributed by atoms with Crippen molar-refractivity contribution in [2.24, 2.45) is 4.99 Å². The topological polar surface area (TPSA) is 36.4 Å². The van der Waals surface area contributed by atoms with E-state index in [1.165, 1.54) is 24.8 Å². The van der Waals surface area contributed by atoms with Crippen LogP contribution in [0.1, 0.15) is 24.8 Å². The van der Waals surface area contributed by atoms with Crippen molar-refractivity contribution in [2.45, 2.75) is 24.7 Å². The molecule has 2 rings (SSSR count). The number of guanidine groups is 1. The van der Waals surface area contributed by atoms with Crippen molar-refractivity contribution in [3.63, 3.8) is 0 Å². The number of aliphatic imine (C=N–C) groups is 1. The minimum atomic E-state index is 0.247. The average Bonchev–Trinajstić information content (AvgIpc) is 2.34. The zero-order valence-electron chi connectivity index (χ0n) is 11.0. The second-order valence-corrected chi connectivity index (χ2v) is 5.25. The summed E-state index contributed by atoms with van der Waals surface area (Å²) in [6.07, 6.45) is 3.74. The smallest absolute Gasteiger partial charge is 0.190 e. The van der Waals surface area contributed by atoms with Crippen LogP contribution in [0.4, 0.5) is 0 Å². The predicted molar refractivity (Wildman–Crippen MR) is 77.4 cm³/mol. The Morgan fingerprint density at radius 3 is 2.44 bits per heavy atom. The van der Waals surface area contributed by atoms with E-state index in [-0.39, 0.29) is 5.41 Å². The van der Waals surface area contributed by atoms with Crippen molar-refractivity contribution in [1.29, 1.82) is 0 Å². The van der Waals surface area contributed by atoms with Crippen molar-refractivity contribution in [2.75, 3.05) is 20.6 Å². The Bertz CT molecular complexity index is 421. The highest BCUT2D eigenvalue weighted by molar-refractivity contribution is 6.30. The van der Waals surface area contributed by atoms with Gasteiger partial charge in [0.25, 0.3) is 0 Å². The summed E-state index contributed by atoms with van der Waals surface area (Å²) in [5, 5.41) is 7.23. The highest BCUT2D eigenvalue weighted by Gasteiger charge is 2.38. The molecular formula is C14H20ClN3. The van der Waals surface area contributed by atoms with E-state index in [4.69, 9.17) is 11.6 Å². The number of nitrogens with one attached hydrogen (secondary N) is 2. The Kier molecular flexibility index (Phi) is 4.12. The number of benzene rings is 1. The van der Waals surface area contributed by atoms with Gasteiger partial charge in [-0.25, -0.2) is 0 Å². The van der Waals surface area contributed by atoms with Crippen molar-refractivity contribution in [1.82, 2.24) is 10.6 Å². The van der Waals surface area contributed by atoms with Crippen LogP contribution in [-0.2, 0) is 5.41 Å².